The Balaban J connectivity index is 1.41. The van der Waals surface area contributed by atoms with E-state index in [9.17, 15) is 4.79 Å². The second-order valence-electron chi connectivity index (χ2n) is 7.02. The molecular formula is C24H23N5O3. The average molecular weight is 429 g/mol. The SMILES string of the molecule is CCOc1ccc(Oc2ccc(NC(=O)C(Cc3ccccc3)n3cnnn3)cc2)cc1. The first-order valence-corrected chi connectivity index (χ1v) is 10.3. The van der Waals surface area contributed by atoms with E-state index in [1.165, 1.54) is 11.0 Å². The number of benzene rings is 3. The van der Waals surface area contributed by atoms with E-state index in [1.54, 1.807) is 24.3 Å². The number of carbonyl (C=O) groups is 1. The van der Waals surface area contributed by atoms with Gasteiger partial charge in [-0.25, -0.2) is 4.68 Å². The van der Waals surface area contributed by atoms with E-state index in [4.69, 9.17) is 9.47 Å². The summed E-state index contributed by atoms with van der Waals surface area (Å²) in [6, 6.07) is 23.8. The normalized spacial score (nSPS) is 11.5. The molecule has 1 amide bonds. The molecule has 1 aromatic heterocycles. The lowest BCUT2D eigenvalue weighted by Crippen LogP contribution is -2.28. The van der Waals surface area contributed by atoms with Crippen LogP contribution in [0, 0.1) is 0 Å². The molecule has 1 unspecified atom stereocenters. The maximum absolute atomic E-state index is 13.0. The Morgan fingerprint density at radius 3 is 2.22 bits per heavy atom. The van der Waals surface area contributed by atoms with Gasteiger partial charge in [-0.2, -0.15) is 0 Å². The standard InChI is InChI=1S/C24H23N5O3/c1-2-31-20-12-14-22(15-13-20)32-21-10-8-19(9-11-21)26-24(30)23(29-17-25-27-28-29)16-18-6-4-3-5-7-18/h3-15,17,23H,2,16H2,1H3,(H,26,30). The van der Waals surface area contributed by atoms with Crippen molar-refractivity contribution in [2.45, 2.75) is 19.4 Å². The summed E-state index contributed by atoms with van der Waals surface area (Å²) in [7, 11) is 0. The van der Waals surface area contributed by atoms with Gasteiger partial charge in [0, 0.05) is 12.1 Å². The minimum absolute atomic E-state index is 0.207. The maximum Gasteiger partial charge on any atom is 0.249 e. The van der Waals surface area contributed by atoms with Crippen LogP contribution in [0.2, 0.25) is 0 Å². The minimum atomic E-state index is -0.577. The van der Waals surface area contributed by atoms with Crippen molar-refractivity contribution in [3.63, 3.8) is 0 Å². The molecule has 0 saturated heterocycles. The summed E-state index contributed by atoms with van der Waals surface area (Å²) in [6.45, 7) is 2.56. The van der Waals surface area contributed by atoms with Gasteiger partial charge in [-0.05, 0) is 71.4 Å². The van der Waals surface area contributed by atoms with Crippen LogP contribution in [0.25, 0.3) is 0 Å². The Labute approximate surface area is 185 Å². The van der Waals surface area contributed by atoms with E-state index in [-0.39, 0.29) is 5.91 Å². The molecular weight excluding hydrogens is 406 g/mol. The molecule has 0 bridgehead atoms. The van der Waals surface area contributed by atoms with E-state index >= 15 is 0 Å². The molecule has 32 heavy (non-hydrogen) atoms. The highest BCUT2D eigenvalue weighted by atomic mass is 16.5. The second kappa shape index (κ2) is 10.2. The quantitative estimate of drug-likeness (QED) is 0.427. The summed E-state index contributed by atoms with van der Waals surface area (Å²) < 4.78 is 12.8. The molecule has 0 spiro atoms. The van der Waals surface area contributed by atoms with Crippen molar-refractivity contribution in [3.05, 3.63) is 90.8 Å². The van der Waals surface area contributed by atoms with Gasteiger partial charge in [-0.15, -0.1) is 5.10 Å². The molecule has 4 rings (SSSR count). The number of hydrogen-bond acceptors (Lipinski definition) is 6. The van der Waals surface area contributed by atoms with Gasteiger partial charge in [-0.1, -0.05) is 30.3 Å². The van der Waals surface area contributed by atoms with Crippen LogP contribution >= 0.6 is 0 Å². The first-order valence-electron chi connectivity index (χ1n) is 10.3. The largest absolute Gasteiger partial charge is 0.494 e. The number of amides is 1. The van der Waals surface area contributed by atoms with Gasteiger partial charge in [0.05, 0.1) is 6.61 Å². The Morgan fingerprint density at radius 1 is 0.938 bits per heavy atom. The Kier molecular flexibility index (Phi) is 6.72. The zero-order chi connectivity index (χ0) is 22.2. The minimum Gasteiger partial charge on any atom is -0.494 e. The zero-order valence-corrected chi connectivity index (χ0v) is 17.6. The highest BCUT2D eigenvalue weighted by Gasteiger charge is 2.22. The lowest BCUT2D eigenvalue weighted by Gasteiger charge is -2.16. The number of anilines is 1. The van der Waals surface area contributed by atoms with E-state index < -0.39 is 6.04 Å². The highest BCUT2D eigenvalue weighted by molar-refractivity contribution is 5.93. The molecule has 0 aliphatic rings. The van der Waals surface area contributed by atoms with E-state index in [0.717, 1.165) is 11.3 Å². The topological polar surface area (TPSA) is 91.2 Å². The summed E-state index contributed by atoms with van der Waals surface area (Å²) in [4.78, 5) is 13.0. The molecule has 1 heterocycles. The smallest absolute Gasteiger partial charge is 0.249 e. The van der Waals surface area contributed by atoms with Gasteiger partial charge in [-0.3, -0.25) is 4.79 Å². The molecule has 3 aromatic carbocycles. The molecule has 8 nitrogen and oxygen atoms in total. The van der Waals surface area contributed by atoms with Crippen LogP contribution in [-0.4, -0.2) is 32.7 Å². The maximum atomic E-state index is 13.0. The Morgan fingerprint density at radius 2 is 1.59 bits per heavy atom. The second-order valence-corrected chi connectivity index (χ2v) is 7.02. The van der Waals surface area contributed by atoms with Crippen molar-refractivity contribution in [3.8, 4) is 17.2 Å². The summed E-state index contributed by atoms with van der Waals surface area (Å²) in [5.74, 6) is 1.95. The van der Waals surface area contributed by atoms with E-state index in [2.05, 4.69) is 20.8 Å². The molecule has 0 aliphatic carbocycles. The van der Waals surface area contributed by atoms with Crippen LogP contribution < -0.4 is 14.8 Å². The third kappa shape index (κ3) is 5.48. The van der Waals surface area contributed by atoms with Crippen molar-refractivity contribution in [2.24, 2.45) is 0 Å². The van der Waals surface area contributed by atoms with Gasteiger partial charge >= 0.3 is 0 Å². The first-order chi connectivity index (χ1) is 15.7. The third-order valence-electron chi connectivity index (χ3n) is 4.75. The number of nitrogens with one attached hydrogen (secondary N) is 1. The van der Waals surface area contributed by atoms with Gasteiger partial charge in [0.2, 0.25) is 5.91 Å². The summed E-state index contributed by atoms with van der Waals surface area (Å²) in [5, 5.41) is 14.2. The van der Waals surface area contributed by atoms with Crippen LogP contribution in [0.3, 0.4) is 0 Å². The van der Waals surface area contributed by atoms with Gasteiger partial charge in [0.25, 0.3) is 0 Å². The number of rotatable bonds is 9. The molecule has 4 aromatic rings. The van der Waals surface area contributed by atoms with Crippen LogP contribution in [0.1, 0.15) is 18.5 Å². The van der Waals surface area contributed by atoms with Crippen molar-refractivity contribution >= 4 is 11.6 Å². The predicted octanol–water partition coefficient (Wildman–Crippen LogP) is 4.29. The van der Waals surface area contributed by atoms with Gasteiger partial charge in [0.15, 0.2) is 0 Å². The molecule has 8 heteroatoms. The molecule has 0 aliphatic heterocycles. The predicted molar refractivity (Wildman–Crippen MR) is 120 cm³/mol. The van der Waals surface area contributed by atoms with Crippen molar-refractivity contribution in [2.75, 3.05) is 11.9 Å². The number of tetrazole rings is 1. The number of nitrogens with zero attached hydrogens (tertiary/aromatic N) is 4. The van der Waals surface area contributed by atoms with E-state index in [0.29, 0.717) is 30.2 Å². The fraction of sp³-hybridized carbons (Fsp3) is 0.167. The summed E-state index contributed by atoms with van der Waals surface area (Å²) in [5.41, 5.74) is 1.67. The van der Waals surface area contributed by atoms with Crippen LogP contribution in [0.15, 0.2) is 85.2 Å². The number of ether oxygens (including phenoxy) is 2. The first kappa shape index (κ1) is 21.0. The van der Waals surface area contributed by atoms with Crippen molar-refractivity contribution in [1.82, 2.24) is 20.2 Å². The molecule has 162 valence electrons. The summed E-state index contributed by atoms with van der Waals surface area (Å²) in [6.07, 6.45) is 1.91. The van der Waals surface area contributed by atoms with Crippen LogP contribution in [-0.2, 0) is 11.2 Å². The molecule has 1 atom stereocenters. The monoisotopic (exact) mass is 429 g/mol. The van der Waals surface area contributed by atoms with E-state index in [1.807, 2.05) is 61.5 Å². The van der Waals surface area contributed by atoms with Crippen LogP contribution in [0.4, 0.5) is 5.69 Å². The lowest BCUT2D eigenvalue weighted by atomic mass is 10.1. The van der Waals surface area contributed by atoms with Crippen molar-refractivity contribution < 1.29 is 14.3 Å². The molecule has 0 radical (unpaired) electrons. The van der Waals surface area contributed by atoms with Gasteiger partial charge < -0.3 is 14.8 Å². The lowest BCUT2D eigenvalue weighted by molar-refractivity contribution is -0.119. The van der Waals surface area contributed by atoms with Crippen molar-refractivity contribution in [1.29, 1.82) is 0 Å². The van der Waals surface area contributed by atoms with Gasteiger partial charge in [0.1, 0.15) is 29.6 Å². The molecule has 0 saturated carbocycles. The fourth-order valence-corrected chi connectivity index (χ4v) is 3.19. The fourth-order valence-electron chi connectivity index (χ4n) is 3.19. The molecule has 0 fully saturated rings. The Bertz CT molecular complexity index is 1110. The zero-order valence-electron chi connectivity index (χ0n) is 17.6. The average Bonchev–Trinajstić information content (AvgIpc) is 3.35. The Hall–Kier alpha value is -4.20. The van der Waals surface area contributed by atoms with Crippen LogP contribution in [0.5, 0.6) is 17.2 Å². The number of hydrogen-bond donors (Lipinski definition) is 1. The third-order valence-corrected chi connectivity index (χ3v) is 4.75. The number of aromatic nitrogens is 4. The molecule has 1 N–H and O–H groups in total. The highest BCUT2D eigenvalue weighted by Crippen LogP contribution is 2.25. The number of carbonyl (C=O) groups excluding carboxylic acids is 1. The summed E-state index contributed by atoms with van der Waals surface area (Å²) >= 11 is 0.